The van der Waals surface area contributed by atoms with E-state index in [9.17, 15) is 0 Å². The van der Waals surface area contributed by atoms with Gasteiger partial charge in [-0.15, -0.1) is 0 Å². The summed E-state index contributed by atoms with van der Waals surface area (Å²) in [7, 11) is 0. The average molecular weight is 792 g/mol. The van der Waals surface area contributed by atoms with E-state index in [2.05, 4.69) is 255 Å². The van der Waals surface area contributed by atoms with Crippen LogP contribution in [0.1, 0.15) is 25.0 Å². The van der Waals surface area contributed by atoms with E-state index in [-0.39, 0.29) is 5.41 Å². The summed E-state index contributed by atoms with van der Waals surface area (Å²) in [6.45, 7) is 4.73. The summed E-state index contributed by atoms with van der Waals surface area (Å²) in [6, 6.07) is 86.5. The molecule has 10 aromatic rings. The molecule has 0 unspecified atom stereocenters. The van der Waals surface area contributed by atoms with Gasteiger partial charge in [-0.3, -0.25) is 0 Å². The highest BCUT2D eigenvalue weighted by atomic mass is 15.1. The molecule has 294 valence electrons. The Bertz CT molecular complexity index is 3220. The summed E-state index contributed by atoms with van der Waals surface area (Å²) in [5, 5.41) is 2.52. The van der Waals surface area contributed by atoms with E-state index in [1.807, 2.05) is 0 Å². The molecule has 0 radical (unpaired) electrons. The van der Waals surface area contributed by atoms with E-state index < -0.39 is 0 Å². The lowest BCUT2D eigenvalue weighted by Crippen LogP contribution is -2.16. The minimum atomic E-state index is -0.0941. The fraction of sp³-hybridized carbons (Fsp3) is 0.0492. The van der Waals surface area contributed by atoms with Crippen LogP contribution in [-0.2, 0) is 5.41 Å². The first kappa shape index (κ1) is 37.3. The summed E-state index contributed by atoms with van der Waals surface area (Å²) >= 11 is 0. The van der Waals surface area contributed by atoms with Gasteiger partial charge in [0, 0.05) is 22.5 Å². The van der Waals surface area contributed by atoms with Gasteiger partial charge in [-0.25, -0.2) is 0 Å². The zero-order chi connectivity index (χ0) is 41.6. The van der Waals surface area contributed by atoms with Crippen LogP contribution in [-0.4, -0.2) is 0 Å². The first-order valence-corrected chi connectivity index (χ1v) is 21.6. The van der Waals surface area contributed by atoms with E-state index in [0.29, 0.717) is 0 Å². The average Bonchev–Trinajstić information content (AvgIpc) is 3.58. The maximum Gasteiger partial charge on any atom is 0.0467 e. The quantitative estimate of drug-likeness (QED) is 0.148. The normalized spacial score (nSPS) is 12.5. The third-order valence-corrected chi connectivity index (χ3v) is 12.9. The number of benzene rings is 10. The number of hydrogen-bond donors (Lipinski definition) is 0. The molecule has 0 amide bonds. The molecule has 0 fully saturated rings. The summed E-state index contributed by atoms with van der Waals surface area (Å²) in [6.07, 6.45) is 0. The molecule has 0 N–H and O–H groups in total. The Balaban J connectivity index is 0.974. The highest BCUT2D eigenvalue weighted by Gasteiger charge is 2.37. The Morgan fingerprint density at radius 3 is 1.52 bits per heavy atom. The fourth-order valence-corrected chi connectivity index (χ4v) is 9.78. The molecule has 0 spiro atoms. The summed E-state index contributed by atoms with van der Waals surface area (Å²) < 4.78 is 0. The van der Waals surface area contributed by atoms with Gasteiger partial charge in [0.1, 0.15) is 0 Å². The lowest BCUT2D eigenvalue weighted by atomic mass is 9.79. The molecule has 1 heteroatoms. The molecule has 0 bridgehead atoms. The van der Waals surface area contributed by atoms with Crippen molar-refractivity contribution >= 4 is 27.8 Å². The molecule has 0 aromatic heterocycles. The van der Waals surface area contributed by atoms with Crippen molar-refractivity contribution in [1.82, 2.24) is 0 Å². The lowest BCUT2D eigenvalue weighted by molar-refractivity contribution is 0.662. The first-order valence-electron chi connectivity index (χ1n) is 21.6. The van der Waals surface area contributed by atoms with Crippen LogP contribution in [0.15, 0.2) is 237 Å². The third-order valence-electron chi connectivity index (χ3n) is 12.9. The molecule has 0 saturated carbocycles. The van der Waals surface area contributed by atoms with Gasteiger partial charge in [-0.1, -0.05) is 208 Å². The molecule has 62 heavy (non-hydrogen) atoms. The number of nitrogens with zero attached hydrogens (tertiary/aromatic N) is 1. The van der Waals surface area contributed by atoms with Crippen LogP contribution in [0.3, 0.4) is 0 Å². The van der Waals surface area contributed by atoms with Crippen LogP contribution < -0.4 is 4.90 Å². The second-order valence-corrected chi connectivity index (χ2v) is 16.9. The zero-order valence-corrected chi connectivity index (χ0v) is 35.0. The SMILES string of the molecule is CC1(C)c2ccccc2-c2cccc(-c3ccc(N(c4ccc(-c5cccc(-c6cccc7ccccc67)c5)cc4)c4cccc(-c5ccc(-c6ccccc6)cc5)c4)cc3)c21. The van der Waals surface area contributed by atoms with Gasteiger partial charge in [0.25, 0.3) is 0 Å². The minimum absolute atomic E-state index is 0.0941. The monoisotopic (exact) mass is 791 g/mol. The molecule has 11 rings (SSSR count). The van der Waals surface area contributed by atoms with Crippen LogP contribution in [0.5, 0.6) is 0 Å². The van der Waals surface area contributed by atoms with E-state index in [1.54, 1.807) is 0 Å². The number of fused-ring (bicyclic) bond motifs is 4. The molecular formula is C61H45N. The summed E-state index contributed by atoms with van der Waals surface area (Å²) in [5.74, 6) is 0. The van der Waals surface area contributed by atoms with E-state index in [1.165, 1.54) is 88.7 Å². The molecule has 1 nitrogen and oxygen atoms in total. The van der Waals surface area contributed by atoms with E-state index in [0.717, 1.165) is 17.1 Å². The second-order valence-electron chi connectivity index (χ2n) is 16.9. The van der Waals surface area contributed by atoms with Crippen molar-refractivity contribution in [2.45, 2.75) is 19.3 Å². The standard InChI is InChI=1S/C61H45N/c1-61(2)59-27-9-8-23-57(59)58-26-13-25-56(60(58)61)47-34-38-52(39-35-47)62(53-21-11-19-49(41-53)44-30-28-43(29-31-44)42-14-4-3-5-15-42)51-36-32-45(33-37-51)48-18-10-20-50(40-48)55-24-12-17-46-16-6-7-22-54(46)55/h3-41H,1-2H3. The highest BCUT2D eigenvalue weighted by Crippen LogP contribution is 2.52. The van der Waals surface area contributed by atoms with Crippen molar-refractivity contribution in [3.8, 4) is 66.8 Å². The molecule has 0 aliphatic heterocycles. The molecule has 10 aromatic carbocycles. The van der Waals surface area contributed by atoms with Crippen LogP contribution in [0, 0.1) is 0 Å². The Morgan fingerprint density at radius 1 is 0.290 bits per heavy atom. The van der Waals surface area contributed by atoms with Crippen LogP contribution in [0.4, 0.5) is 17.1 Å². The Labute approximate surface area is 364 Å². The van der Waals surface area contributed by atoms with Crippen LogP contribution in [0.2, 0.25) is 0 Å². The predicted octanol–water partition coefficient (Wildman–Crippen LogP) is 17.0. The molecule has 0 saturated heterocycles. The van der Waals surface area contributed by atoms with Gasteiger partial charge in [-0.05, 0) is 131 Å². The van der Waals surface area contributed by atoms with Crippen LogP contribution >= 0.6 is 0 Å². The van der Waals surface area contributed by atoms with Crippen LogP contribution in [0.25, 0.3) is 77.5 Å². The largest absolute Gasteiger partial charge is 0.310 e. The van der Waals surface area contributed by atoms with Gasteiger partial charge < -0.3 is 4.90 Å². The number of rotatable bonds is 8. The maximum atomic E-state index is 2.39. The van der Waals surface area contributed by atoms with Gasteiger partial charge in [0.2, 0.25) is 0 Å². The van der Waals surface area contributed by atoms with Crippen molar-refractivity contribution in [2.75, 3.05) is 4.90 Å². The Hall–Kier alpha value is -7.74. The van der Waals surface area contributed by atoms with Crippen molar-refractivity contribution in [1.29, 1.82) is 0 Å². The summed E-state index contributed by atoms with van der Waals surface area (Å²) in [5.41, 5.74) is 20.8. The first-order chi connectivity index (χ1) is 30.5. The number of anilines is 3. The van der Waals surface area contributed by atoms with Crippen molar-refractivity contribution in [3.05, 3.63) is 248 Å². The van der Waals surface area contributed by atoms with E-state index in [4.69, 9.17) is 0 Å². The van der Waals surface area contributed by atoms with Gasteiger partial charge >= 0.3 is 0 Å². The maximum absolute atomic E-state index is 2.39. The lowest BCUT2D eigenvalue weighted by Gasteiger charge is -2.27. The second kappa shape index (κ2) is 15.4. The topological polar surface area (TPSA) is 3.24 Å². The van der Waals surface area contributed by atoms with Crippen molar-refractivity contribution in [2.24, 2.45) is 0 Å². The number of hydrogen-bond acceptors (Lipinski definition) is 1. The Morgan fingerprint density at radius 2 is 0.758 bits per heavy atom. The van der Waals surface area contributed by atoms with Gasteiger partial charge in [-0.2, -0.15) is 0 Å². The Kier molecular flexibility index (Phi) is 9.24. The predicted molar refractivity (Wildman–Crippen MR) is 263 cm³/mol. The highest BCUT2D eigenvalue weighted by molar-refractivity contribution is 5.97. The molecule has 0 atom stereocenters. The minimum Gasteiger partial charge on any atom is -0.310 e. The smallest absolute Gasteiger partial charge is 0.0467 e. The molecular weight excluding hydrogens is 747 g/mol. The zero-order valence-electron chi connectivity index (χ0n) is 35.0. The van der Waals surface area contributed by atoms with Gasteiger partial charge in [0.05, 0.1) is 0 Å². The molecule has 1 aliphatic rings. The summed E-state index contributed by atoms with van der Waals surface area (Å²) in [4.78, 5) is 2.39. The van der Waals surface area contributed by atoms with E-state index >= 15 is 0 Å². The third kappa shape index (κ3) is 6.60. The molecule has 0 heterocycles. The van der Waals surface area contributed by atoms with Crippen molar-refractivity contribution in [3.63, 3.8) is 0 Å². The van der Waals surface area contributed by atoms with Crippen molar-refractivity contribution < 1.29 is 0 Å². The fourth-order valence-electron chi connectivity index (χ4n) is 9.78. The van der Waals surface area contributed by atoms with Gasteiger partial charge in [0.15, 0.2) is 0 Å². The molecule has 1 aliphatic carbocycles.